The van der Waals surface area contributed by atoms with Crippen molar-refractivity contribution < 1.29 is 17.2 Å². The predicted molar refractivity (Wildman–Crippen MR) is 68.5 cm³/mol. The second-order valence-corrected chi connectivity index (χ2v) is 7.19. The molecule has 19 heavy (non-hydrogen) atoms. The molecule has 3 nitrogen and oxygen atoms in total. The Hall–Kier alpha value is -0.720. The summed E-state index contributed by atoms with van der Waals surface area (Å²) in [7, 11) is -3.93. The van der Waals surface area contributed by atoms with Gasteiger partial charge in [-0.1, -0.05) is 6.92 Å². The summed E-state index contributed by atoms with van der Waals surface area (Å²) in [5, 5.41) is -0.0792. The first-order chi connectivity index (χ1) is 8.82. The SMILES string of the molecule is CC1CN(S(=O)(=O)c2ccc(F)cc2F)CCC1Cl. The number of nitrogens with zero attached hydrogens (tertiary/aromatic N) is 1. The highest BCUT2D eigenvalue weighted by Crippen LogP contribution is 2.27. The smallest absolute Gasteiger partial charge is 0.207 e. The van der Waals surface area contributed by atoms with E-state index in [1.165, 1.54) is 4.31 Å². The zero-order valence-electron chi connectivity index (χ0n) is 10.3. The number of piperidine rings is 1. The van der Waals surface area contributed by atoms with Crippen LogP contribution in [0.4, 0.5) is 8.78 Å². The van der Waals surface area contributed by atoms with Crippen molar-refractivity contribution in [1.29, 1.82) is 0 Å². The summed E-state index contributed by atoms with van der Waals surface area (Å²) in [5.74, 6) is -1.88. The molecule has 2 atom stereocenters. The van der Waals surface area contributed by atoms with Gasteiger partial charge >= 0.3 is 0 Å². The van der Waals surface area contributed by atoms with E-state index in [2.05, 4.69) is 0 Å². The third-order valence-electron chi connectivity index (χ3n) is 3.28. The third kappa shape index (κ3) is 2.90. The summed E-state index contributed by atoms with van der Waals surface area (Å²) in [6, 6.07) is 2.47. The molecule has 1 aliphatic heterocycles. The molecule has 0 radical (unpaired) electrons. The zero-order chi connectivity index (χ0) is 14.2. The average Bonchev–Trinajstić information content (AvgIpc) is 2.32. The van der Waals surface area contributed by atoms with Crippen LogP contribution < -0.4 is 0 Å². The summed E-state index contributed by atoms with van der Waals surface area (Å²) >= 11 is 6.04. The van der Waals surface area contributed by atoms with E-state index in [0.717, 1.165) is 12.1 Å². The van der Waals surface area contributed by atoms with Crippen molar-refractivity contribution >= 4 is 21.6 Å². The quantitative estimate of drug-likeness (QED) is 0.788. The molecule has 2 rings (SSSR count). The Balaban J connectivity index is 2.32. The Labute approximate surface area is 116 Å². The van der Waals surface area contributed by atoms with E-state index in [0.29, 0.717) is 12.5 Å². The second-order valence-electron chi connectivity index (χ2n) is 4.72. The fourth-order valence-corrected chi connectivity index (χ4v) is 3.90. The zero-order valence-corrected chi connectivity index (χ0v) is 11.9. The minimum absolute atomic E-state index is 0.00583. The number of halogens is 3. The van der Waals surface area contributed by atoms with E-state index in [4.69, 9.17) is 11.6 Å². The highest BCUT2D eigenvalue weighted by molar-refractivity contribution is 7.89. The molecule has 1 aromatic carbocycles. The Morgan fingerprint density at radius 1 is 1.37 bits per heavy atom. The topological polar surface area (TPSA) is 37.4 Å². The number of rotatable bonds is 2. The van der Waals surface area contributed by atoms with Crippen LogP contribution >= 0.6 is 11.6 Å². The number of benzene rings is 1. The second kappa shape index (κ2) is 5.34. The van der Waals surface area contributed by atoms with Gasteiger partial charge in [0.2, 0.25) is 10.0 Å². The molecule has 7 heteroatoms. The van der Waals surface area contributed by atoms with Gasteiger partial charge in [0, 0.05) is 24.5 Å². The van der Waals surface area contributed by atoms with E-state index < -0.39 is 26.6 Å². The minimum atomic E-state index is -3.93. The van der Waals surface area contributed by atoms with Gasteiger partial charge in [-0.25, -0.2) is 17.2 Å². The highest BCUT2D eigenvalue weighted by atomic mass is 35.5. The van der Waals surface area contributed by atoms with E-state index in [1.54, 1.807) is 0 Å². The van der Waals surface area contributed by atoms with Crippen LogP contribution in [-0.2, 0) is 10.0 Å². The molecule has 0 bridgehead atoms. The number of sulfonamides is 1. The van der Waals surface area contributed by atoms with Crippen LogP contribution in [0.5, 0.6) is 0 Å². The summed E-state index contributed by atoms with van der Waals surface area (Å²) in [6.07, 6.45) is 0.519. The van der Waals surface area contributed by atoms with Crippen LogP contribution in [-0.4, -0.2) is 31.2 Å². The van der Waals surface area contributed by atoms with Crippen molar-refractivity contribution in [2.24, 2.45) is 5.92 Å². The number of hydrogen-bond acceptors (Lipinski definition) is 2. The Morgan fingerprint density at radius 3 is 2.63 bits per heavy atom. The van der Waals surface area contributed by atoms with E-state index >= 15 is 0 Å². The summed E-state index contributed by atoms with van der Waals surface area (Å²) in [4.78, 5) is -0.492. The standard InChI is InChI=1S/C12H14ClF2NO2S/c1-8-7-16(5-4-10(8)13)19(17,18)12-3-2-9(14)6-11(12)15/h2-3,6,8,10H,4-5,7H2,1H3. The van der Waals surface area contributed by atoms with Crippen molar-refractivity contribution in [3.05, 3.63) is 29.8 Å². The fraction of sp³-hybridized carbons (Fsp3) is 0.500. The number of alkyl halides is 1. The van der Waals surface area contributed by atoms with Crippen LogP contribution in [0.1, 0.15) is 13.3 Å². The van der Waals surface area contributed by atoms with Crippen LogP contribution in [0.2, 0.25) is 0 Å². The van der Waals surface area contributed by atoms with Gasteiger partial charge in [0.25, 0.3) is 0 Å². The van der Waals surface area contributed by atoms with Gasteiger partial charge in [-0.2, -0.15) is 4.31 Å². The molecular weight excluding hydrogens is 296 g/mol. The molecule has 106 valence electrons. The molecule has 1 saturated heterocycles. The summed E-state index contributed by atoms with van der Waals surface area (Å²) < 4.78 is 52.2. The van der Waals surface area contributed by atoms with Crippen LogP contribution in [0.25, 0.3) is 0 Å². The molecule has 0 aromatic heterocycles. The lowest BCUT2D eigenvalue weighted by molar-refractivity contribution is 0.285. The summed E-state index contributed by atoms with van der Waals surface area (Å²) in [6.45, 7) is 2.34. The van der Waals surface area contributed by atoms with Gasteiger partial charge in [0.05, 0.1) is 0 Å². The average molecular weight is 310 g/mol. The minimum Gasteiger partial charge on any atom is -0.207 e. The third-order valence-corrected chi connectivity index (χ3v) is 5.82. The Bertz CT molecular complexity index is 579. The van der Waals surface area contributed by atoms with E-state index in [9.17, 15) is 17.2 Å². The van der Waals surface area contributed by atoms with Gasteiger partial charge < -0.3 is 0 Å². The highest BCUT2D eigenvalue weighted by Gasteiger charge is 2.34. The van der Waals surface area contributed by atoms with Crippen molar-refractivity contribution in [3.63, 3.8) is 0 Å². The maximum Gasteiger partial charge on any atom is 0.245 e. The van der Waals surface area contributed by atoms with Gasteiger partial charge in [0.1, 0.15) is 16.5 Å². The lowest BCUT2D eigenvalue weighted by atomic mass is 10.0. The van der Waals surface area contributed by atoms with Crippen LogP contribution in [0.15, 0.2) is 23.1 Å². The first kappa shape index (κ1) is 14.7. The molecule has 2 unspecified atom stereocenters. The van der Waals surface area contributed by atoms with Crippen LogP contribution in [0, 0.1) is 17.6 Å². The van der Waals surface area contributed by atoms with Gasteiger partial charge in [-0.3, -0.25) is 0 Å². The van der Waals surface area contributed by atoms with Crippen LogP contribution in [0.3, 0.4) is 0 Å². The van der Waals surface area contributed by atoms with Gasteiger partial charge in [0.15, 0.2) is 0 Å². The maximum absolute atomic E-state index is 13.6. The number of hydrogen-bond donors (Lipinski definition) is 0. The normalized spacial score (nSPS) is 25.5. The molecule has 1 aromatic rings. The lowest BCUT2D eigenvalue weighted by Crippen LogP contribution is -2.43. The van der Waals surface area contributed by atoms with Crippen molar-refractivity contribution in [2.75, 3.05) is 13.1 Å². The molecule has 0 N–H and O–H groups in total. The first-order valence-electron chi connectivity index (χ1n) is 5.91. The van der Waals surface area contributed by atoms with E-state index in [1.807, 2.05) is 6.92 Å². The first-order valence-corrected chi connectivity index (χ1v) is 7.79. The molecule has 1 aliphatic rings. The molecule has 0 saturated carbocycles. The molecule has 0 amide bonds. The maximum atomic E-state index is 13.6. The van der Waals surface area contributed by atoms with Gasteiger partial charge in [-0.05, 0) is 24.5 Å². The monoisotopic (exact) mass is 309 g/mol. The van der Waals surface area contributed by atoms with E-state index in [-0.39, 0.29) is 24.4 Å². The fourth-order valence-electron chi connectivity index (χ4n) is 2.12. The lowest BCUT2D eigenvalue weighted by Gasteiger charge is -2.33. The van der Waals surface area contributed by atoms with Crippen molar-refractivity contribution in [3.8, 4) is 0 Å². The van der Waals surface area contributed by atoms with Crippen molar-refractivity contribution in [1.82, 2.24) is 4.31 Å². The molecule has 1 fully saturated rings. The molecule has 0 aliphatic carbocycles. The summed E-state index contributed by atoms with van der Waals surface area (Å²) in [5.41, 5.74) is 0. The Kier molecular flexibility index (Phi) is 4.13. The predicted octanol–water partition coefficient (Wildman–Crippen LogP) is 2.60. The molecule has 0 spiro atoms. The van der Waals surface area contributed by atoms with Crippen molar-refractivity contribution in [2.45, 2.75) is 23.6 Å². The largest absolute Gasteiger partial charge is 0.245 e. The molecule has 1 heterocycles. The van der Waals surface area contributed by atoms with Gasteiger partial charge in [-0.15, -0.1) is 11.6 Å². The molecular formula is C12H14ClF2NO2S. The Morgan fingerprint density at radius 2 is 2.05 bits per heavy atom.